The minimum Gasteiger partial charge on any atom is -0.379 e. The highest BCUT2D eigenvalue weighted by Gasteiger charge is 2.37. The van der Waals surface area contributed by atoms with Gasteiger partial charge in [0.15, 0.2) is 0 Å². The molecule has 1 saturated heterocycles. The number of morpholine rings is 1. The van der Waals surface area contributed by atoms with E-state index in [0.717, 1.165) is 0 Å². The maximum atomic E-state index is 12.9. The zero-order chi connectivity index (χ0) is 21.2. The van der Waals surface area contributed by atoms with Crippen molar-refractivity contribution < 1.29 is 35.9 Å². The van der Waals surface area contributed by atoms with Gasteiger partial charge in [-0.2, -0.15) is 26.3 Å². The fourth-order valence-electron chi connectivity index (χ4n) is 2.66. The monoisotopic (exact) mass is 439 g/mol. The van der Waals surface area contributed by atoms with Crippen LogP contribution in [0.2, 0.25) is 0 Å². The molecule has 0 radical (unpaired) electrons. The Hall–Kier alpha value is -2.18. The minimum absolute atomic E-state index is 0.00106. The van der Waals surface area contributed by atoms with Crippen molar-refractivity contribution in [2.45, 2.75) is 18.9 Å². The Labute approximate surface area is 165 Å². The number of ether oxygens (including phenoxy) is 1. The fraction of sp³-hybridized carbons (Fsp3) is 0.412. The van der Waals surface area contributed by atoms with E-state index in [1.54, 1.807) is 0 Å². The Balaban J connectivity index is 1.76. The molecule has 1 aromatic carbocycles. The lowest BCUT2D eigenvalue weighted by molar-refractivity contribution is -0.143. The lowest BCUT2D eigenvalue weighted by Crippen LogP contribution is -2.35. The number of rotatable bonds is 4. The number of carbonyl (C=O) groups excluding carboxylic acids is 1. The summed E-state index contributed by atoms with van der Waals surface area (Å²) in [7, 11) is 0. The molecule has 12 heteroatoms. The maximum absolute atomic E-state index is 12.9. The van der Waals surface area contributed by atoms with Crippen LogP contribution in [0.1, 0.15) is 26.6 Å². The molecular weight excluding hydrogens is 424 g/mol. The standard InChI is InChI=1S/C17H15F6N3O2S/c18-16(19,20)10-5-11(17(21,22)23)7-12(6-10)24-15(27)13-9-29-14(25-13)8-26-1-3-28-4-2-26/h5-7,9H,1-4,8H2,(H,24,27). The van der Waals surface area contributed by atoms with Crippen LogP contribution in [0.25, 0.3) is 0 Å². The minimum atomic E-state index is -4.99. The summed E-state index contributed by atoms with van der Waals surface area (Å²) in [5.41, 5.74) is -3.70. The quantitative estimate of drug-likeness (QED) is 0.724. The van der Waals surface area contributed by atoms with Gasteiger partial charge in [0.25, 0.3) is 5.91 Å². The van der Waals surface area contributed by atoms with Gasteiger partial charge < -0.3 is 10.1 Å². The third kappa shape index (κ3) is 5.67. The number of hydrogen-bond acceptors (Lipinski definition) is 5. The second kappa shape index (κ2) is 8.28. The Morgan fingerprint density at radius 2 is 1.66 bits per heavy atom. The van der Waals surface area contributed by atoms with Gasteiger partial charge in [-0.05, 0) is 18.2 Å². The molecule has 0 spiro atoms. The molecule has 158 valence electrons. The van der Waals surface area contributed by atoms with Crippen molar-refractivity contribution in [1.82, 2.24) is 9.88 Å². The van der Waals surface area contributed by atoms with Gasteiger partial charge in [-0.3, -0.25) is 9.69 Å². The molecule has 5 nitrogen and oxygen atoms in total. The predicted molar refractivity (Wildman–Crippen MR) is 92.6 cm³/mol. The lowest BCUT2D eigenvalue weighted by atomic mass is 10.1. The summed E-state index contributed by atoms with van der Waals surface area (Å²) in [5.74, 6) is -0.887. The summed E-state index contributed by atoms with van der Waals surface area (Å²) in [6, 6.07) is 0.904. The number of carbonyl (C=O) groups is 1. The summed E-state index contributed by atoms with van der Waals surface area (Å²) in [5, 5.41) is 4.09. The van der Waals surface area contributed by atoms with E-state index in [0.29, 0.717) is 50.0 Å². The molecule has 1 aliphatic heterocycles. The molecule has 0 bridgehead atoms. The molecule has 3 rings (SSSR count). The molecule has 1 aromatic heterocycles. The van der Waals surface area contributed by atoms with Crippen molar-refractivity contribution >= 4 is 22.9 Å². The average Bonchev–Trinajstić information content (AvgIpc) is 3.09. The van der Waals surface area contributed by atoms with Crippen LogP contribution in [0.4, 0.5) is 32.0 Å². The molecule has 0 atom stereocenters. The van der Waals surface area contributed by atoms with Gasteiger partial charge in [-0.25, -0.2) is 4.98 Å². The molecule has 1 aliphatic rings. The summed E-state index contributed by atoms with van der Waals surface area (Å²) >= 11 is 1.18. The van der Waals surface area contributed by atoms with Crippen LogP contribution < -0.4 is 5.32 Å². The summed E-state index contributed by atoms with van der Waals surface area (Å²) < 4.78 is 82.7. The van der Waals surface area contributed by atoms with Crippen LogP contribution in [-0.2, 0) is 23.6 Å². The zero-order valence-corrected chi connectivity index (χ0v) is 15.5. The zero-order valence-electron chi connectivity index (χ0n) is 14.7. The van der Waals surface area contributed by atoms with Crippen molar-refractivity contribution in [3.8, 4) is 0 Å². The fourth-order valence-corrected chi connectivity index (χ4v) is 3.48. The number of alkyl halides is 6. The average molecular weight is 439 g/mol. The van der Waals surface area contributed by atoms with E-state index in [4.69, 9.17) is 4.74 Å². The lowest BCUT2D eigenvalue weighted by Gasteiger charge is -2.25. The smallest absolute Gasteiger partial charge is 0.379 e. The van der Waals surface area contributed by atoms with E-state index in [1.807, 2.05) is 0 Å². The highest BCUT2D eigenvalue weighted by atomic mass is 32.1. The predicted octanol–water partition coefficient (Wildman–Crippen LogP) is 4.27. The Bertz CT molecular complexity index is 843. The Morgan fingerprint density at radius 3 is 2.21 bits per heavy atom. The molecule has 1 amide bonds. The molecule has 2 aromatic rings. The normalized spacial score (nSPS) is 16.1. The first-order valence-corrected chi connectivity index (χ1v) is 9.26. The Morgan fingerprint density at radius 1 is 1.07 bits per heavy atom. The number of aromatic nitrogens is 1. The molecule has 1 N–H and O–H groups in total. The molecule has 0 aliphatic carbocycles. The number of amides is 1. The van der Waals surface area contributed by atoms with E-state index >= 15 is 0 Å². The van der Waals surface area contributed by atoms with E-state index in [-0.39, 0.29) is 11.8 Å². The van der Waals surface area contributed by atoms with Crippen molar-refractivity contribution in [2.75, 3.05) is 31.6 Å². The SMILES string of the molecule is O=C(Nc1cc(C(F)(F)F)cc(C(F)(F)F)c1)c1csc(CN2CCOCC2)n1. The molecular formula is C17H15F6N3O2S. The van der Waals surface area contributed by atoms with Gasteiger partial charge in [0.2, 0.25) is 0 Å². The third-order valence-electron chi connectivity index (χ3n) is 4.09. The first-order valence-electron chi connectivity index (χ1n) is 8.38. The second-order valence-corrected chi connectivity index (χ2v) is 7.21. The van der Waals surface area contributed by atoms with Gasteiger partial charge in [0, 0.05) is 24.2 Å². The van der Waals surface area contributed by atoms with Crippen LogP contribution in [0.5, 0.6) is 0 Å². The molecule has 0 unspecified atom stereocenters. The highest BCUT2D eigenvalue weighted by molar-refractivity contribution is 7.09. The van der Waals surface area contributed by atoms with Gasteiger partial charge >= 0.3 is 12.4 Å². The highest BCUT2D eigenvalue weighted by Crippen LogP contribution is 2.37. The Kier molecular flexibility index (Phi) is 6.15. The first-order chi connectivity index (χ1) is 13.5. The van der Waals surface area contributed by atoms with Crippen molar-refractivity contribution in [3.63, 3.8) is 0 Å². The van der Waals surface area contributed by atoms with E-state index in [9.17, 15) is 31.1 Å². The van der Waals surface area contributed by atoms with Crippen LogP contribution >= 0.6 is 11.3 Å². The molecule has 2 heterocycles. The van der Waals surface area contributed by atoms with Gasteiger partial charge in [0.05, 0.1) is 30.9 Å². The van der Waals surface area contributed by atoms with Crippen LogP contribution in [-0.4, -0.2) is 42.1 Å². The second-order valence-electron chi connectivity index (χ2n) is 6.26. The number of thiazole rings is 1. The number of nitrogens with one attached hydrogen (secondary N) is 1. The van der Waals surface area contributed by atoms with E-state index < -0.39 is 35.1 Å². The molecule has 0 saturated carbocycles. The van der Waals surface area contributed by atoms with Crippen molar-refractivity contribution in [1.29, 1.82) is 0 Å². The van der Waals surface area contributed by atoms with E-state index in [2.05, 4.69) is 15.2 Å². The van der Waals surface area contributed by atoms with Gasteiger partial charge in [-0.15, -0.1) is 11.3 Å². The van der Waals surface area contributed by atoms with Gasteiger partial charge in [-0.1, -0.05) is 0 Å². The topological polar surface area (TPSA) is 54.5 Å². The maximum Gasteiger partial charge on any atom is 0.416 e. The van der Waals surface area contributed by atoms with Crippen LogP contribution in [0, 0.1) is 0 Å². The summed E-state index contributed by atoms with van der Waals surface area (Å²) in [6.07, 6.45) is -9.99. The third-order valence-corrected chi connectivity index (χ3v) is 4.93. The van der Waals surface area contributed by atoms with Crippen molar-refractivity contribution in [3.05, 3.63) is 45.4 Å². The number of hydrogen-bond donors (Lipinski definition) is 1. The molecule has 1 fully saturated rings. The van der Waals surface area contributed by atoms with Crippen LogP contribution in [0.3, 0.4) is 0 Å². The number of halogens is 6. The van der Waals surface area contributed by atoms with Gasteiger partial charge in [0.1, 0.15) is 10.7 Å². The van der Waals surface area contributed by atoms with Crippen LogP contribution in [0.15, 0.2) is 23.6 Å². The van der Waals surface area contributed by atoms with E-state index in [1.165, 1.54) is 16.7 Å². The molecule has 29 heavy (non-hydrogen) atoms. The first kappa shape index (κ1) is 21.5. The van der Waals surface area contributed by atoms with Crippen molar-refractivity contribution in [2.24, 2.45) is 0 Å². The number of anilines is 1. The summed E-state index contributed by atoms with van der Waals surface area (Å²) in [4.78, 5) is 18.5. The number of nitrogens with zero attached hydrogens (tertiary/aromatic N) is 2. The largest absolute Gasteiger partial charge is 0.416 e. The summed E-state index contributed by atoms with van der Waals surface area (Å²) in [6.45, 7) is 3.03. The number of benzene rings is 1.